The zero-order valence-electron chi connectivity index (χ0n) is 9.85. The van der Waals surface area contributed by atoms with Gasteiger partial charge in [0.05, 0.1) is 5.75 Å². The molecule has 0 aliphatic heterocycles. The standard InChI is InChI=1S/C10H20N2O3S/c1-3-12(9-4-5-9)10(13)7-16(14,15)6-8(2)11/h8-9H,3-7,11H2,1-2H3. The molecule has 1 atom stereocenters. The third kappa shape index (κ3) is 4.09. The largest absolute Gasteiger partial charge is 0.339 e. The minimum atomic E-state index is -3.36. The van der Waals surface area contributed by atoms with Crippen LogP contribution in [-0.4, -0.2) is 49.4 Å². The van der Waals surface area contributed by atoms with Gasteiger partial charge in [-0.2, -0.15) is 0 Å². The van der Waals surface area contributed by atoms with Gasteiger partial charge in [0.25, 0.3) is 0 Å². The Morgan fingerprint density at radius 1 is 1.50 bits per heavy atom. The maximum Gasteiger partial charge on any atom is 0.238 e. The molecule has 5 nitrogen and oxygen atoms in total. The highest BCUT2D eigenvalue weighted by Gasteiger charge is 2.33. The Morgan fingerprint density at radius 2 is 2.06 bits per heavy atom. The predicted molar refractivity (Wildman–Crippen MR) is 62.7 cm³/mol. The minimum absolute atomic E-state index is 0.124. The van der Waals surface area contributed by atoms with Crippen molar-refractivity contribution in [1.82, 2.24) is 4.90 Å². The van der Waals surface area contributed by atoms with E-state index in [1.165, 1.54) is 0 Å². The summed E-state index contributed by atoms with van der Waals surface area (Å²) in [5.41, 5.74) is 5.43. The summed E-state index contributed by atoms with van der Waals surface area (Å²) in [4.78, 5) is 13.4. The van der Waals surface area contributed by atoms with Crippen LogP contribution in [0.25, 0.3) is 0 Å². The maximum absolute atomic E-state index is 11.8. The molecule has 0 saturated heterocycles. The fourth-order valence-electron chi connectivity index (χ4n) is 1.75. The zero-order valence-corrected chi connectivity index (χ0v) is 10.7. The van der Waals surface area contributed by atoms with Crippen molar-refractivity contribution in [2.45, 2.75) is 38.8 Å². The molecule has 1 aliphatic carbocycles. The quantitative estimate of drug-likeness (QED) is 0.703. The Hall–Kier alpha value is -0.620. The molecule has 0 aromatic heterocycles. The fraction of sp³-hybridized carbons (Fsp3) is 0.900. The molecule has 2 N–H and O–H groups in total. The van der Waals surface area contributed by atoms with Crippen LogP contribution >= 0.6 is 0 Å². The lowest BCUT2D eigenvalue weighted by Gasteiger charge is -2.20. The first-order chi connectivity index (χ1) is 7.35. The van der Waals surface area contributed by atoms with Crippen molar-refractivity contribution >= 4 is 15.7 Å². The number of carbonyl (C=O) groups is 1. The molecule has 1 fully saturated rings. The molecule has 1 aliphatic rings. The molecule has 6 heteroatoms. The molecule has 16 heavy (non-hydrogen) atoms. The van der Waals surface area contributed by atoms with Crippen LogP contribution in [0.15, 0.2) is 0 Å². The van der Waals surface area contributed by atoms with Crippen molar-refractivity contribution in [3.63, 3.8) is 0 Å². The van der Waals surface area contributed by atoms with Crippen LogP contribution in [0.5, 0.6) is 0 Å². The Bertz CT molecular complexity index is 347. The van der Waals surface area contributed by atoms with Crippen LogP contribution in [0.3, 0.4) is 0 Å². The Kier molecular flexibility index (Phi) is 4.32. The molecular formula is C10H20N2O3S. The Morgan fingerprint density at radius 3 is 2.44 bits per heavy atom. The monoisotopic (exact) mass is 248 g/mol. The van der Waals surface area contributed by atoms with Crippen molar-refractivity contribution in [1.29, 1.82) is 0 Å². The van der Waals surface area contributed by atoms with Gasteiger partial charge in [-0.15, -0.1) is 0 Å². The van der Waals surface area contributed by atoms with Gasteiger partial charge < -0.3 is 10.6 Å². The summed E-state index contributed by atoms with van der Waals surface area (Å²) in [5.74, 6) is -0.814. The van der Waals surface area contributed by atoms with Gasteiger partial charge in [-0.3, -0.25) is 4.79 Å². The lowest BCUT2D eigenvalue weighted by molar-refractivity contribution is -0.128. The number of sulfone groups is 1. The average Bonchev–Trinajstić information content (AvgIpc) is 2.85. The topological polar surface area (TPSA) is 80.5 Å². The Labute approximate surface area is 96.9 Å². The van der Waals surface area contributed by atoms with Crippen molar-refractivity contribution in [3.8, 4) is 0 Å². The average molecular weight is 248 g/mol. The van der Waals surface area contributed by atoms with Crippen LogP contribution < -0.4 is 5.73 Å². The van der Waals surface area contributed by atoms with Gasteiger partial charge in [0.1, 0.15) is 5.75 Å². The molecule has 94 valence electrons. The number of carbonyl (C=O) groups excluding carboxylic acids is 1. The first kappa shape index (κ1) is 13.4. The molecule has 1 saturated carbocycles. The highest BCUT2D eigenvalue weighted by Crippen LogP contribution is 2.26. The second-order valence-electron chi connectivity index (χ2n) is 4.44. The normalized spacial score (nSPS) is 18.2. The van der Waals surface area contributed by atoms with Crippen molar-refractivity contribution in [3.05, 3.63) is 0 Å². The molecular weight excluding hydrogens is 228 g/mol. The number of nitrogens with zero attached hydrogens (tertiary/aromatic N) is 1. The summed E-state index contributed by atoms with van der Waals surface area (Å²) in [6.45, 7) is 4.08. The predicted octanol–water partition coefficient (Wildman–Crippen LogP) is -0.241. The van der Waals surface area contributed by atoms with Gasteiger partial charge in [0.2, 0.25) is 5.91 Å². The molecule has 0 bridgehead atoms. The van der Waals surface area contributed by atoms with E-state index >= 15 is 0 Å². The van der Waals surface area contributed by atoms with Crippen LogP contribution in [0.4, 0.5) is 0 Å². The summed E-state index contributed by atoms with van der Waals surface area (Å²) in [7, 11) is -3.36. The van der Waals surface area contributed by atoms with Gasteiger partial charge >= 0.3 is 0 Å². The molecule has 1 rings (SSSR count). The van der Waals surface area contributed by atoms with Crippen LogP contribution in [0.2, 0.25) is 0 Å². The second kappa shape index (κ2) is 5.14. The molecule has 0 radical (unpaired) electrons. The van der Waals surface area contributed by atoms with Gasteiger partial charge in [0.15, 0.2) is 9.84 Å². The lowest BCUT2D eigenvalue weighted by atomic mass is 10.4. The van der Waals surface area contributed by atoms with E-state index in [9.17, 15) is 13.2 Å². The van der Waals surface area contributed by atoms with E-state index in [0.29, 0.717) is 6.54 Å². The van der Waals surface area contributed by atoms with Crippen molar-refractivity contribution < 1.29 is 13.2 Å². The van der Waals surface area contributed by atoms with Gasteiger partial charge in [-0.25, -0.2) is 8.42 Å². The van der Waals surface area contributed by atoms with E-state index in [2.05, 4.69) is 0 Å². The van der Waals surface area contributed by atoms with E-state index in [1.807, 2.05) is 6.92 Å². The van der Waals surface area contributed by atoms with E-state index in [4.69, 9.17) is 5.73 Å². The maximum atomic E-state index is 11.8. The number of hydrogen-bond acceptors (Lipinski definition) is 4. The number of hydrogen-bond donors (Lipinski definition) is 1. The first-order valence-electron chi connectivity index (χ1n) is 5.61. The molecule has 0 aromatic carbocycles. The van der Waals surface area contributed by atoms with Crippen molar-refractivity contribution in [2.24, 2.45) is 5.73 Å². The second-order valence-corrected chi connectivity index (χ2v) is 6.55. The van der Waals surface area contributed by atoms with E-state index in [1.54, 1.807) is 11.8 Å². The third-order valence-electron chi connectivity index (χ3n) is 2.51. The fourth-order valence-corrected chi connectivity index (χ4v) is 3.22. The number of amides is 1. The van der Waals surface area contributed by atoms with E-state index < -0.39 is 21.6 Å². The van der Waals surface area contributed by atoms with E-state index in [0.717, 1.165) is 12.8 Å². The van der Waals surface area contributed by atoms with Gasteiger partial charge in [-0.1, -0.05) is 0 Å². The SMILES string of the molecule is CCN(C(=O)CS(=O)(=O)CC(C)N)C1CC1. The Balaban J connectivity index is 2.55. The first-order valence-corrected chi connectivity index (χ1v) is 7.43. The van der Waals surface area contributed by atoms with Crippen LogP contribution in [-0.2, 0) is 14.6 Å². The highest BCUT2D eigenvalue weighted by molar-refractivity contribution is 7.92. The summed E-state index contributed by atoms with van der Waals surface area (Å²) in [6.07, 6.45) is 1.99. The summed E-state index contributed by atoms with van der Waals surface area (Å²) in [6, 6.07) is -0.156. The minimum Gasteiger partial charge on any atom is -0.339 e. The summed E-state index contributed by atoms with van der Waals surface area (Å²) >= 11 is 0. The molecule has 0 aromatic rings. The smallest absolute Gasteiger partial charge is 0.238 e. The number of rotatable bonds is 6. The lowest BCUT2D eigenvalue weighted by Crippen LogP contribution is -2.39. The summed E-state index contributed by atoms with van der Waals surface area (Å²) < 4.78 is 23.2. The molecule has 1 unspecified atom stereocenters. The van der Waals surface area contributed by atoms with Gasteiger partial charge in [0, 0.05) is 18.6 Å². The van der Waals surface area contributed by atoms with Gasteiger partial charge in [-0.05, 0) is 26.7 Å². The molecule has 0 spiro atoms. The highest BCUT2D eigenvalue weighted by atomic mass is 32.2. The summed E-state index contributed by atoms with van der Waals surface area (Å²) in [5, 5.41) is 0. The van der Waals surface area contributed by atoms with E-state index in [-0.39, 0.29) is 17.7 Å². The van der Waals surface area contributed by atoms with Crippen LogP contribution in [0.1, 0.15) is 26.7 Å². The third-order valence-corrected chi connectivity index (χ3v) is 4.23. The molecule has 1 amide bonds. The van der Waals surface area contributed by atoms with Crippen molar-refractivity contribution in [2.75, 3.05) is 18.1 Å². The zero-order chi connectivity index (χ0) is 12.3. The molecule has 0 heterocycles. The number of nitrogens with two attached hydrogens (primary N) is 1. The van der Waals surface area contributed by atoms with Crippen LogP contribution in [0, 0.1) is 0 Å².